The summed E-state index contributed by atoms with van der Waals surface area (Å²) < 4.78 is 53.4. The molecule has 0 spiro atoms. The molecule has 1 aromatic rings. The lowest BCUT2D eigenvalue weighted by Gasteiger charge is -2.16. The van der Waals surface area contributed by atoms with Crippen LogP contribution in [0.1, 0.15) is 26.3 Å². The highest BCUT2D eigenvalue weighted by molar-refractivity contribution is 7.89. The second-order valence-electron chi connectivity index (χ2n) is 5.07. The molecule has 0 heterocycles. The van der Waals surface area contributed by atoms with Crippen molar-refractivity contribution in [2.24, 2.45) is 11.8 Å². The lowest BCUT2D eigenvalue weighted by Crippen LogP contribution is -2.31. The van der Waals surface area contributed by atoms with E-state index in [4.69, 9.17) is 5.11 Å². The molecular weight excluding hydrogens is 288 g/mol. The van der Waals surface area contributed by atoms with Crippen LogP contribution < -0.4 is 4.72 Å². The van der Waals surface area contributed by atoms with E-state index in [0.29, 0.717) is 0 Å². The van der Waals surface area contributed by atoms with Crippen LogP contribution in [0.15, 0.2) is 17.0 Å². The molecule has 0 bridgehead atoms. The van der Waals surface area contributed by atoms with Gasteiger partial charge in [-0.15, -0.1) is 0 Å². The Hall–Kier alpha value is -1.05. The summed E-state index contributed by atoms with van der Waals surface area (Å²) in [7, 11) is -4.07. The fourth-order valence-corrected chi connectivity index (χ4v) is 2.73. The van der Waals surface area contributed by atoms with Gasteiger partial charge in [0.1, 0.15) is 10.7 Å². The molecular formula is C13H19F2NO3S. The van der Waals surface area contributed by atoms with Gasteiger partial charge < -0.3 is 5.11 Å². The quantitative estimate of drug-likeness (QED) is 0.845. The predicted molar refractivity (Wildman–Crippen MR) is 71.5 cm³/mol. The Balaban J connectivity index is 3.05. The number of rotatable bonds is 6. The predicted octanol–water partition coefficient (Wildman–Crippen LogP) is 2.03. The van der Waals surface area contributed by atoms with Crippen molar-refractivity contribution in [3.05, 3.63) is 29.3 Å². The zero-order valence-corrected chi connectivity index (χ0v) is 12.5. The van der Waals surface area contributed by atoms with E-state index >= 15 is 0 Å². The van der Waals surface area contributed by atoms with Crippen LogP contribution in [0.3, 0.4) is 0 Å². The number of nitrogens with one attached hydrogen (secondary N) is 1. The van der Waals surface area contributed by atoms with Gasteiger partial charge >= 0.3 is 0 Å². The zero-order chi connectivity index (χ0) is 15.5. The van der Waals surface area contributed by atoms with Crippen LogP contribution in [-0.2, 0) is 16.6 Å². The number of aliphatic hydroxyl groups is 1. The number of halogens is 2. The molecule has 0 aliphatic rings. The van der Waals surface area contributed by atoms with Gasteiger partial charge in [0.05, 0.1) is 12.2 Å². The van der Waals surface area contributed by atoms with Crippen molar-refractivity contribution in [3.8, 4) is 0 Å². The second kappa shape index (κ2) is 6.60. The molecule has 0 saturated carbocycles. The first-order valence-electron chi connectivity index (χ1n) is 6.28. The van der Waals surface area contributed by atoms with Crippen LogP contribution >= 0.6 is 0 Å². The average molecular weight is 307 g/mol. The molecule has 0 aliphatic carbocycles. The number of hydrogen-bond acceptors (Lipinski definition) is 3. The second-order valence-corrected chi connectivity index (χ2v) is 6.80. The normalized spacial score (nSPS) is 13.8. The van der Waals surface area contributed by atoms with Crippen molar-refractivity contribution >= 4 is 10.0 Å². The Morgan fingerprint density at radius 2 is 1.85 bits per heavy atom. The molecule has 2 N–H and O–H groups in total. The summed E-state index contributed by atoms with van der Waals surface area (Å²) in [6, 6.07) is 1.68. The van der Waals surface area contributed by atoms with E-state index in [-0.39, 0.29) is 18.4 Å². The fourth-order valence-electron chi connectivity index (χ4n) is 1.48. The van der Waals surface area contributed by atoms with E-state index < -0.39 is 38.7 Å². The molecule has 1 unspecified atom stereocenters. The van der Waals surface area contributed by atoms with Gasteiger partial charge in [-0.1, -0.05) is 20.8 Å². The highest BCUT2D eigenvalue weighted by atomic mass is 32.2. The molecule has 7 heteroatoms. The first-order valence-corrected chi connectivity index (χ1v) is 7.76. The highest BCUT2D eigenvalue weighted by Crippen LogP contribution is 2.21. The van der Waals surface area contributed by atoms with Crippen molar-refractivity contribution in [3.63, 3.8) is 0 Å². The van der Waals surface area contributed by atoms with Crippen LogP contribution in [0.2, 0.25) is 0 Å². The minimum atomic E-state index is -4.07. The van der Waals surface area contributed by atoms with Crippen LogP contribution in [-0.4, -0.2) is 20.1 Å². The van der Waals surface area contributed by atoms with E-state index in [9.17, 15) is 17.2 Å². The Morgan fingerprint density at radius 3 is 2.35 bits per heavy atom. The molecule has 20 heavy (non-hydrogen) atoms. The smallest absolute Gasteiger partial charge is 0.243 e. The summed E-state index contributed by atoms with van der Waals surface area (Å²) in [6.07, 6.45) is 0. The maximum absolute atomic E-state index is 13.9. The standard InChI is InChI=1S/C13H19F2NO3S/c1-8(2)9(3)6-16-20(18,19)12-5-4-11(14)10(7-17)13(12)15/h4-5,8-9,16-17H,6-7H2,1-3H3. The molecule has 1 aromatic carbocycles. The lowest BCUT2D eigenvalue weighted by molar-refractivity contribution is 0.267. The van der Waals surface area contributed by atoms with Crippen molar-refractivity contribution in [1.29, 1.82) is 0 Å². The molecule has 0 aromatic heterocycles. The summed E-state index contributed by atoms with van der Waals surface area (Å²) in [5.74, 6) is -1.88. The van der Waals surface area contributed by atoms with E-state index in [0.717, 1.165) is 12.1 Å². The van der Waals surface area contributed by atoms with Crippen LogP contribution in [0.5, 0.6) is 0 Å². The Bertz CT molecular complexity index is 573. The number of benzene rings is 1. The zero-order valence-electron chi connectivity index (χ0n) is 11.7. The van der Waals surface area contributed by atoms with E-state index in [1.165, 1.54) is 0 Å². The molecule has 1 rings (SSSR count). The van der Waals surface area contributed by atoms with E-state index in [1.54, 1.807) is 0 Å². The third kappa shape index (κ3) is 3.74. The largest absolute Gasteiger partial charge is 0.391 e. The van der Waals surface area contributed by atoms with Gasteiger partial charge in [0.25, 0.3) is 0 Å². The monoisotopic (exact) mass is 307 g/mol. The van der Waals surface area contributed by atoms with Crippen molar-refractivity contribution in [1.82, 2.24) is 4.72 Å². The molecule has 114 valence electrons. The summed E-state index contributed by atoms with van der Waals surface area (Å²) in [4.78, 5) is -0.654. The molecule has 0 aliphatic heterocycles. The van der Waals surface area contributed by atoms with E-state index in [2.05, 4.69) is 4.72 Å². The Morgan fingerprint density at radius 1 is 1.25 bits per heavy atom. The summed E-state index contributed by atoms with van der Waals surface area (Å²) >= 11 is 0. The molecule has 0 radical (unpaired) electrons. The van der Waals surface area contributed by atoms with Gasteiger partial charge in [-0.25, -0.2) is 21.9 Å². The summed E-state index contributed by atoms with van der Waals surface area (Å²) in [5.41, 5.74) is -0.648. The van der Waals surface area contributed by atoms with Gasteiger partial charge in [-0.3, -0.25) is 0 Å². The van der Waals surface area contributed by atoms with Gasteiger partial charge in [-0.2, -0.15) is 0 Å². The topological polar surface area (TPSA) is 66.4 Å². The van der Waals surface area contributed by atoms with Crippen molar-refractivity contribution in [2.75, 3.05) is 6.54 Å². The first kappa shape index (κ1) is 17.0. The van der Waals surface area contributed by atoms with Crippen molar-refractivity contribution < 1.29 is 22.3 Å². The fraction of sp³-hybridized carbons (Fsp3) is 0.538. The van der Waals surface area contributed by atoms with Gasteiger partial charge in [0.2, 0.25) is 10.0 Å². The maximum Gasteiger partial charge on any atom is 0.243 e. The molecule has 0 saturated heterocycles. The maximum atomic E-state index is 13.9. The summed E-state index contributed by atoms with van der Waals surface area (Å²) in [6.45, 7) is 5.02. The minimum absolute atomic E-state index is 0.0746. The number of hydrogen-bond donors (Lipinski definition) is 2. The third-order valence-electron chi connectivity index (χ3n) is 3.33. The lowest BCUT2D eigenvalue weighted by atomic mass is 9.99. The highest BCUT2D eigenvalue weighted by Gasteiger charge is 2.24. The molecule has 0 amide bonds. The van der Waals surface area contributed by atoms with Crippen molar-refractivity contribution in [2.45, 2.75) is 32.3 Å². The van der Waals surface area contributed by atoms with Gasteiger partial charge in [-0.05, 0) is 24.0 Å². The van der Waals surface area contributed by atoms with Gasteiger partial charge in [0.15, 0.2) is 5.82 Å². The Labute approximate surface area is 117 Å². The van der Waals surface area contributed by atoms with Crippen LogP contribution in [0.4, 0.5) is 8.78 Å². The van der Waals surface area contributed by atoms with Gasteiger partial charge in [0, 0.05) is 6.54 Å². The van der Waals surface area contributed by atoms with Crippen LogP contribution in [0, 0.1) is 23.5 Å². The van der Waals surface area contributed by atoms with E-state index in [1.807, 2.05) is 20.8 Å². The average Bonchev–Trinajstić information content (AvgIpc) is 2.36. The molecule has 0 fully saturated rings. The third-order valence-corrected chi connectivity index (χ3v) is 4.77. The number of aliphatic hydroxyl groups excluding tert-OH is 1. The SMILES string of the molecule is CC(C)C(C)CNS(=O)(=O)c1ccc(F)c(CO)c1F. The molecule has 4 nitrogen and oxygen atoms in total. The summed E-state index contributed by atoms with van der Waals surface area (Å²) in [5, 5.41) is 8.89. The van der Waals surface area contributed by atoms with Crippen LogP contribution in [0.25, 0.3) is 0 Å². The molecule has 1 atom stereocenters. The first-order chi connectivity index (χ1) is 9.20. The number of sulfonamides is 1. The Kier molecular flexibility index (Phi) is 5.61. The minimum Gasteiger partial charge on any atom is -0.391 e.